The first-order chi connectivity index (χ1) is 11.3. The maximum Gasteiger partial charge on any atom is 0.0537 e. The van der Waals surface area contributed by atoms with E-state index < -0.39 is 0 Å². The number of benzene rings is 2. The van der Waals surface area contributed by atoms with Gasteiger partial charge in [-0.2, -0.15) is 0 Å². The summed E-state index contributed by atoms with van der Waals surface area (Å²) in [5, 5.41) is 12.9. The van der Waals surface area contributed by atoms with Crippen LogP contribution in [0.25, 0.3) is 0 Å². The Morgan fingerprint density at radius 3 is 2.17 bits per heavy atom. The van der Waals surface area contributed by atoms with E-state index in [0.29, 0.717) is 0 Å². The molecule has 1 unspecified atom stereocenters. The highest BCUT2D eigenvalue weighted by Crippen LogP contribution is 2.18. The Balaban J connectivity index is 1.65. The van der Waals surface area contributed by atoms with Gasteiger partial charge in [-0.1, -0.05) is 56.5 Å². The molecular weight excluding hydrogens is 282 g/mol. The number of aryl methyl sites for hydroxylation is 1. The normalized spacial score (nSPS) is 12.1. The van der Waals surface area contributed by atoms with Crippen molar-refractivity contribution in [1.82, 2.24) is 0 Å². The second-order valence-corrected chi connectivity index (χ2v) is 6.20. The number of hydrogen-bond acceptors (Lipinski definition) is 2. The van der Waals surface area contributed by atoms with E-state index in [4.69, 9.17) is 0 Å². The maximum atomic E-state index is 9.52. The maximum absolute atomic E-state index is 9.52. The summed E-state index contributed by atoms with van der Waals surface area (Å²) in [5.41, 5.74) is 3.65. The third-order valence-electron chi connectivity index (χ3n) is 4.24. The van der Waals surface area contributed by atoms with E-state index >= 15 is 0 Å². The van der Waals surface area contributed by atoms with Gasteiger partial charge in [0, 0.05) is 11.4 Å². The van der Waals surface area contributed by atoms with Gasteiger partial charge in [0.15, 0.2) is 0 Å². The number of rotatable bonds is 10. The first-order valence-corrected chi connectivity index (χ1v) is 8.87. The molecule has 23 heavy (non-hydrogen) atoms. The molecule has 0 heterocycles. The summed E-state index contributed by atoms with van der Waals surface area (Å²) in [6.45, 7) is 2.04. The van der Waals surface area contributed by atoms with Crippen molar-refractivity contribution >= 4 is 11.4 Å². The van der Waals surface area contributed by atoms with E-state index in [2.05, 4.69) is 41.7 Å². The second kappa shape index (κ2) is 10.1. The summed E-state index contributed by atoms with van der Waals surface area (Å²) in [6.07, 6.45) is 7.73. The minimum absolute atomic E-state index is 0.0975. The minimum atomic E-state index is -0.0975. The molecule has 0 fully saturated rings. The standard InChI is InChI=1S/C21H29NO/c1-2-21(23)13-9-4-3-6-10-18-14-16-20(17-15-18)22-19-11-7-5-8-12-19/h5,7-8,11-12,14-17,21-23H,2-4,6,9-10,13H2,1H3. The highest BCUT2D eigenvalue weighted by Gasteiger charge is 2.00. The molecule has 2 rings (SSSR count). The number of para-hydroxylation sites is 1. The van der Waals surface area contributed by atoms with Crippen LogP contribution in [0.3, 0.4) is 0 Å². The van der Waals surface area contributed by atoms with Gasteiger partial charge < -0.3 is 10.4 Å². The highest BCUT2D eigenvalue weighted by atomic mass is 16.3. The van der Waals surface area contributed by atoms with Gasteiger partial charge in [-0.05, 0) is 55.5 Å². The van der Waals surface area contributed by atoms with Crippen LogP contribution in [-0.2, 0) is 6.42 Å². The first-order valence-electron chi connectivity index (χ1n) is 8.87. The zero-order valence-corrected chi connectivity index (χ0v) is 14.2. The summed E-state index contributed by atoms with van der Waals surface area (Å²) in [6, 6.07) is 19.0. The molecule has 0 aliphatic heterocycles. The number of nitrogens with one attached hydrogen (secondary N) is 1. The molecule has 0 saturated heterocycles. The molecule has 0 aliphatic carbocycles. The van der Waals surface area contributed by atoms with Crippen LogP contribution in [0.1, 0.15) is 51.0 Å². The fourth-order valence-corrected chi connectivity index (χ4v) is 2.71. The predicted octanol–water partition coefficient (Wildman–Crippen LogP) is 5.69. The van der Waals surface area contributed by atoms with Crippen molar-refractivity contribution < 1.29 is 5.11 Å². The summed E-state index contributed by atoms with van der Waals surface area (Å²) in [7, 11) is 0. The molecule has 2 aromatic rings. The van der Waals surface area contributed by atoms with Gasteiger partial charge >= 0.3 is 0 Å². The molecule has 0 spiro atoms. The molecule has 0 aromatic heterocycles. The summed E-state index contributed by atoms with van der Waals surface area (Å²) < 4.78 is 0. The van der Waals surface area contributed by atoms with Crippen molar-refractivity contribution in [3.63, 3.8) is 0 Å². The van der Waals surface area contributed by atoms with Gasteiger partial charge in [0.05, 0.1) is 6.10 Å². The van der Waals surface area contributed by atoms with Crippen molar-refractivity contribution in [3.8, 4) is 0 Å². The molecule has 2 N–H and O–H groups in total. The number of anilines is 2. The van der Waals surface area contributed by atoms with E-state index in [0.717, 1.165) is 37.1 Å². The number of hydrogen-bond donors (Lipinski definition) is 2. The quantitative estimate of drug-likeness (QED) is 0.552. The van der Waals surface area contributed by atoms with Crippen molar-refractivity contribution in [2.24, 2.45) is 0 Å². The Labute approximate surface area is 140 Å². The fraction of sp³-hybridized carbons (Fsp3) is 0.429. The van der Waals surface area contributed by atoms with Crippen molar-refractivity contribution in [1.29, 1.82) is 0 Å². The zero-order chi connectivity index (χ0) is 16.3. The lowest BCUT2D eigenvalue weighted by Gasteiger charge is -2.08. The van der Waals surface area contributed by atoms with Crippen molar-refractivity contribution in [2.75, 3.05) is 5.32 Å². The third kappa shape index (κ3) is 6.87. The molecule has 0 radical (unpaired) electrons. The minimum Gasteiger partial charge on any atom is -0.393 e. The lowest BCUT2D eigenvalue weighted by molar-refractivity contribution is 0.156. The van der Waals surface area contributed by atoms with E-state index in [1.807, 2.05) is 25.1 Å². The van der Waals surface area contributed by atoms with Gasteiger partial charge in [-0.15, -0.1) is 0 Å². The van der Waals surface area contributed by atoms with Crippen LogP contribution in [0.2, 0.25) is 0 Å². The van der Waals surface area contributed by atoms with Gasteiger partial charge in [-0.3, -0.25) is 0 Å². The van der Waals surface area contributed by atoms with Crippen LogP contribution in [0.4, 0.5) is 11.4 Å². The van der Waals surface area contributed by atoms with E-state index in [9.17, 15) is 5.11 Å². The number of aliphatic hydroxyl groups is 1. The molecule has 0 aliphatic rings. The van der Waals surface area contributed by atoms with Crippen LogP contribution >= 0.6 is 0 Å². The largest absolute Gasteiger partial charge is 0.393 e. The number of aliphatic hydroxyl groups excluding tert-OH is 1. The summed E-state index contributed by atoms with van der Waals surface area (Å²) in [5.74, 6) is 0. The average Bonchev–Trinajstić information content (AvgIpc) is 2.60. The van der Waals surface area contributed by atoms with Gasteiger partial charge in [0.1, 0.15) is 0 Å². The lowest BCUT2D eigenvalue weighted by Crippen LogP contribution is -2.03. The van der Waals surface area contributed by atoms with Crippen LogP contribution in [0.5, 0.6) is 0 Å². The van der Waals surface area contributed by atoms with Gasteiger partial charge in [-0.25, -0.2) is 0 Å². The molecule has 2 nitrogen and oxygen atoms in total. The monoisotopic (exact) mass is 311 g/mol. The summed E-state index contributed by atoms with van der Waals surface area (Å²) in [4.78, 5) is 0. The SMILES string of the molecule is CCC(O)CCCCCCc1ccc(Nc2ccccc2)cc1. The van der Waals surface area contributed by atoms with Crippen LogP contribution in [0.15, 0.2) is 54.6 Å². The molecule has 2 aromatic carbocycles. The fourth-order valence-electron chi connectivity index (χ4n) is 2.71. The first kappa shape index (κ1) is 17.6. The Kier molecular flexibility index (Phi) is 7.68. The Bertz CT molecular complexity index is 536. The van der Waals surface area contributed by atoms with E-state index in [1.165, 1.54) is 24.8 Å². The molecule has 124 valence electrons. The van der Waals surface area contributed by atoms with Crippen molar-refractivity contribution in [3.05, 3.63) is 60.2 Å². The van der Waals surface area contributed by atoms with Crippen LogP contribution < -0.4 is 5.32 Å². The smallest absolute Gasteiger partial charge is 0.0537 e. The van der Waals surface area contributed by atoms with Crippen molar-refractivity contribution in [2.45, 2.75) is 58.0 Å². The van der Waals surface area contributed by atoms with Crippen LogP contribution in [-0.4, -0.2) is 11.2 Å². The molecule has 1 atom stereocenters. The van der Waals surface area contributed by atoms with E-state index in [1.54, 1.807) is 0 Å². The molecule has 0 saturated carbocycles. The molecule has 0 bridgehead atoms. The Morgan fingerprint density at radius 2 is 1.48 bits per heavy atom. The topological polar surface area (TPSA) is 32.3 Å². The number of unbranched alkanes of at least 4 members (excludes halogenated alkanes) is 3. The molecular formula is C21H29NO. The Morgan fingerprint density at radius 1 is 0.826 bits per heavy atom. The van der Waals surface area contributed by atoms with Crippen LogP contribution in [0, 0.1) is 0 Å². The van der Waals surface area contributed by atoms with Gasteiger partial charge in [0.2, 0.25) is 0 Å². The van der Waals surface area contributed by atoms with Gasteiger partial charge in [0.25, 0.3) is 0 Å². The highest BCUT2D eigenvalue weighted by molar-refractivity contribution is 5.59. The predicted molar refractivity (Wildman–Crippen MR) is 99.3 cm³/mol. The molecule has 0 amide bonds. The zero-order valence-electron chi connectivity index (χ0n) is 14.2. The second-order valence-electron chi connectivity index (χ2n) is 6.20. The lowest BCUT2D eigenvalue weighted by atomic mass is 10.0. The molecule has 2 heteroatoms. The summed E-state index contributed by atoms with van der Waals surface area (Å²) >= 11 is 0. The average molecular weight is 311 g/mol. The Hall–Kier alpha value is -1.80. The third-order valence-corrected chi connectivity index (χ3v) is 4.24. The van der Waals surface area contributed by atoms with E-state index in [-0.39, 0.29) is 6.10 Å².